The molecule has 0 fully saturated rings. The van der Waals surface area contributed by atoms with Gasteiger partial charge in [-0.25, -0.2) is 0 Å². The summed E-state index contributed by atoms with van der Waals surface area (Å²) >= 11 is 0. The fourth-order valence-corrected chi connectivity index (χ4v) is 0.868. The number of aromatic hydroxyl groups is 3. The third kappa shape index (κ3) is 2.05. The first-order valence-electron chi connectivity index (χ1n) is 3.59. The second-order valence-corrected chi connectivity index (χ2v) is 2.45. The van der Waals surface area contributed by atoms with Gasteiger partial charge in [0.05, 0.1) is 13.4 Å². The normalized spacial score (nSPS) is 10.5. The van der Waals surface area contributed by atoms with Gasteiger partial charge in [-0.05, 0) is 23.8 Å². The van der Waals surface area contributed by atoms with Crippen LogP contribution in [-0.2, 0) is 4.74 Å². The van der Waals surface area contributed by atoms with Crippen LogP contribution in [0, 0.1) is 0 Å². The Bertz CT molecular complexity index is 307. The van der Waals surface area contributed by atoms with Gasteiger partial charge in [-0.15, -0.1) is 0 Å². The van der Waals surface area contributed by atoms with E-state index >= 15 is 0 Å². The molecule has 0 aromatic heterocycles. The second-order valence-electron chi connectivity index (χ2n) is 2.45. The molecule has 0 bridgehead atoms. The summed E-state index contributed by atoms with van der Waals surface area (Å²) in [5.41, 5.74) is 0.537. The first kappa shape index (κ1) is 9.25. The maximum atomic E-state index is 9.10. The van der Waals surface area contributed by atoms with Crippen molar-refractivity contribution in [1.29, 1.82) is 0 Å². The monoisotopic (exact) mass is 182 g/mol. The van der Waals surface area contributed by atoms with Crippen LogP contribution in [0.4, 0.5) is 0 Å². The smallest absolute Gasteiger partial charge is 0.200 e. The zero-order valence-corrected chi connectivity index (χ0v) is 7.06. The molecule has 70 valence electrons. The van der Waals surface area contributed by atoms with E-state index in [2.05, 4.69) is 4.74 Å². The molecule has 0 radical (unpaired) electrons. The molecular formula is C9H10O4. The van der Waals surface area contributed by atoms with Crippen molar-refractivity contribution in [2.24, 2.45) is 0 Å². The number of rotatable bonds is 2. The lowest BCUT2D eigenvalue weighted by Crippen LogP contribution is -1.76. The van der Waals surface area contributed by atoms with E-state index in [1.165, 1.54) is 25.5 Å². The molecule has 4 nitrogen and oxygen atoms in total. The SMILES string of the molecule is CO/C=C/c1cc(O)c(O)c(O)c1. The zero-order valence-electron chi connectivity index (χ0n) is 7.06. The van der Waals surface area contributed by atoms with Crippen LogP contribution in [0.15, 0.2) is 18.4 Å². The molecule has 0 unspecified atom stereocenters. The largest absolute Gasteiger partial charge is 0.504 e. The van der Waals surface area contributed by atoms with Crippen molar-refractivity contribution in [2.75, 3.05) is 7.11 Å². The third-order valence-electron chi connectivity index (χ3n) is 1.49. The predicted octanol–water partition coefficient (Wildman–Crippen LogP) is 1.42. The van der Waals surface area contributed by atoms with E-state index in [9.17, 15) is 0 Å². The summed E-state index contributed by atoms with van der Waals surface area (Å²) in [5.74, 6) is -1.25. The zero-order chi connectivity index (χ0) is 9.84. The molecule has 0 saturated carbocycles. The van der Waals surface area contributed by atoms with Gasteiger partial charge < -0.3 is 20.1 Å². The molecule has 1 rings (SSSR count). The highest BCUT2D eigenvalue weighted by molar-refractivity contribution is 5.60. The molecule has 0 spiro atoms. The van der Waals surface area contributed by atoms with E-state index in [0.29, 0.717) is 5.56 Å². The Labute approximate surface area is 75.3 Å². The standard InChI is InChI=1S/C9H10O4/c1-13-3-2-6-4-7(10)9(12)8(11)5-6/h2-5,10-12H,1H3/b3-2+. The summed E-state index contributed by atoms with van der Waals surface area (Å²) in [4.78, 5) is 0. The Balaban J connectivity index is 3.06. The maximum absolute atomic E-state index is 9.10. The van der Waals surface area contributed by atoms with Crippen LogP contribution in [0.1, 0.15) is 5.56 Å². The Morgan fingerprint density at radius 3 is 2.15 bits per heavy atom. The molecule has 1 aromatic carbocycles. The molecular weight excluding hydrogens is 172 g/mol. The molecule has 1 aromatic rings. The number of phenols is 3. The minimum absolute atomic E-state index is 0.365. The van der Waals surface area contributed by atoms with Gasteiger partial charge in [-0.2, -0.15) is 0 Å². The Morgan fingerprint density at radius 1 is 1.15 bits per heavy atom. The van der Waals surface area contributed by atoms with E-state index in [4.69, 9.17) is 15.3 Å². The summed E-state index contributed by atoms with van der Waals surface area (Å²) in [7, 11) is 1.48. The highest BCUT2D eigenvalue weighted by atomic mass is 16.5. The van der Waals surface area contributed by atoms with Crippen molar-refractivity contribution in [3.05, 3.63) is 24.0 Å². The van der Waals surface area contributed by atoms with Gasteiger partial charge in [0.25, 0.3) is 0 Å². The lowest BCUT2D eigenvalue weighted by molar-refractivity contribution is 0.341. The molecule has 13 heavy (non-hydrogen) atoms. The summed E-state index contributed by atoms with van der Waals surface area (Å²) in [5, 5.41) is 27.2. The minimum atomic E-state index is -0.519. The summed E-state index contributed by atoms with van der Waals surface area (Å²) < 4.78 is 4.65. The molecule has 0 atom stereocenters. The highest BCUT2D eigenvalue weighted by Gasteiger charge is 2.05. The molecule has 3 N–H and O–H groups in total. The molecule has 0 amide bonds. The lowest BCUT2D eigenvalue weighted by Gasteiger charge is -2.01. The van der Waals surface area contributed by atoms with E-state index in [-0.39, 0.29) is 11.5 Å². The molecule has 0 saturated heterocycles. The van der Waals surface area contributed by atoms with Gasteiger partial charge in [0.15, 0.2) is 17.2 Å². The Hall–Kier alpha value is -1.84. The second kappa shape index (κ2) is 3.71. The minimum Gasteiger partial charge on any atom is -0.504 e. The van der Waals surface area contributed by atoms with Gasteiger partial charge in [-0.3, -0.25) is 0 Å². The quantitative estimate of drug-likeness (QED) is 0.478. The van der Waals surface area contributed by atoms with E-state index in [0.717, 1.165) is 0 Å². The van der Waals surface area contributed by atoms with Gasteiger partial charge in [-0.1, -0.05) is 0 Å². The fourth-order valence-electron chi connectivity index (χ4n) is 0.868. The molecule has 4 heteroatoms. The van der Waals surface area contributed by atoms with E-state index in [1.54, 1.807) is 6.08 Å². The lowest BCUT2D eigenvalue weighted by atomic mass is 10.2. The van der Waals surface area contributed by atoms with Crippen LogP contribution in [0.2, 0.25) is 0 Å². The van der Waals surface area contributed by atoms with Crippen LogP contribution in [0.25, 0.3) is 6.08 Å². The first-order valence-corrected chi connectivity index (χ1v) is 3.59. The maximum Gasteiger partial charge on any atom is 0.200 e. The number of phenolic OH excluding ortho intramolecular Hbond substituents is 3. The number of hydrogen-bond acceptors (Lipinski definition) is 4. The van der Waals surface area contributed by atoms with Crippen LogP contribution in [0.5, 0.6) is 17.2 Å². The fraction of sp³-hybridized carbons (Fsp3) is 0.111. The predicted molar refractivity (Wildman–Crippen MR) is 47.5 cm³/mol. The number of hydrogen-bond donors (Lipinski definition) is 3. The topological polar surface area (TPSA) is 69.9 Å². The van der Waals surface area contributed by atoms with Crippen molar-refractivity contribution in [2.45, 2.75) is 0 Å². The van der Waals surface area contributed by atoms with Crippen LogP contribution in [-0.4, -0.2) is 22.4 Å². The number of ether oxygens (including phenoxy) is 1. The van der Waals surface area contributed by atoms with E-state index in [1.807, 2.05) is 0 Å². The summed E-state index contributed by atoms with van der Waals surface area (Å²) in [6.07, 6.45) is 2.93. The first-order chi connectivity index (χ1) is 6.15. The molecule has 0 aliphatic carbocycles. The van der Waals surface area contributed by atoms with Crippen molar-refractivity contribution in [1.82, 2.24) is 0 Å². The summed E-state index contributed by atoms with van der Waals surface area (Å²) in [6, 6.07) is 2.62. The Kier molecular flexibility index (Phi) is 2.64. The number of methoxy groups -OCH3 is 1. The molecule has 0 heterocycles. The van der Waals surface area contributed by atoms with E-state index < -0.39 is 5.75 Å². The number of benzene rings is 1. The summed E-state index contributed by atoms with van der Waals surface area (Å²) in [6.45, 7) is 0. The van der Waals surface area contributed by atoms with Crippen LogP contribution >= 0.6 is 0 Å². The van der Waals surface area contributed by atoms with Gasteiger partial charge >= 0.3 is 0 Å². The third-order valence-corrected chi connectivity index (χ3v) is 1.49. The Morgan fingerprint density at radius 2 is 1.69 bits per heavy atom. The van der Waals surface area contributed by atoms with Crippen molar-refractivity contribution >= 4 is 6.08 Å². The van der Waals surface area contributed by atoms with Crippen molar-refractivity contribution < 1.29 is 20.1 Å². The van der Waals surface area contributed by atoms with Gasteiger partial charge in [0.2, 0.25) is 0 Å². The van der Waals surface area contributed by atoms with Crippen LogP contribution in [0.3, 0.4) is 0 Å². The average molecular weight is 182 g/mol. The highest BCUT2D eigenvalue weighted by Crippen LogP contribution is 2.35. The van der Waals surface area contributed by atoms with Crippen molar-refractivity contribution in [3.8, 4) is 17.2 Å². The molecule has 0 aliphatic rings. The van der Waals surface area contributed by atoms with Crippen LogP contribution < -0.4 is 0 Å². The van der Waals surface area contributed by atoms with Crippen molar-refractivity contribution in [3.63, 3.8) is 0 Å². The van der Waals surface area contributed by atoms with Gasteiger partial charge in [0.1, 0.15) is 0 Å². The average Bonchev–Trinajstić information content (AvgIpc) is 2.10. The van der Waals surface area contributed by atoms with Gasteiger partial charge in [0, 0.05) is 0 Å². The molecule has 0 aliphatic heterocycles.